The molecule has 20 heavy (non-hydrogen) atoms. The van der Waals surface area contributed by atoms with Crippen molar-refractivity contribution in [2.24, 2.45) is 0 Å². The second-order valence-electron chi connectivity index (χ2n) is 4.75. The highest BCUT2D eigenvalue weighted by Crippen LogP contribution is 2.25. The third-order valence-electron chi connectivity index (χ3n) is 3.42. The predicted octanol–water partition coefficient (Wildman–Crippen LogP) is 4.11. The molecule has 0 aliphatic carbocycles. The Labute approximate surface area is 123 Å². The highest BCUT2D eigenvalue weighted by Gasteiger charge is 2.11. The molecule has 0 radical (unpaired) electrons. The molecule has 0 N–H and O–H groups in total. The molecule has 2 aromatic heterocycles. The average Bonchev–Trinajstić information content (AvgIpc) is 2.94. The van der Waals surface area contributed by atoms with Gasteiger partial charge in [0.25, 0.3) is 0 Å². The van der Waals surface area contributed by atoms with E-state index in [0.29, 0.717) is 5.88 Å². The Morgan fingerprint density at radius 2 is 1.95 bits per heavy atom. The third-order valence-corrected chi connectivity index (χ3v) is 3.71. The molecule has 3 rings (SSSR count). The summed E-state index contributed by atoms with van der Waals surface area (Å²) in [7, 11) is 0. The number of alkyl halides is 1. The van der Waals surface area contributed by atoms with Gasteiger partial charge in [0.15, 0.2) is 0 Å². The zero-order chi connectivity index (χ0) is 13.9. The zero-order valence-electron chi connectivity index (χ0n) is 11.4. The fourth-order valence-corrected chi connectivity index (χ4v) is 2.68. The first-order valence-corrected chi connectivity index (χ1v) is 7.33. The quantitative estimate of drug-likeness (QED) is 0.675. The summed E-state index contributed by atoms with van der Waals surface area (Å²) in [5.41, 5.74) is 1.06. The summed E-state index contributed by atoms with van der Waals surface area (Å²) in [6, 6.07) is 8.24. The largest absolute Gasteiger partial charge is 0.287 e. The number of hydrogen-bond donors (Lipinski definition) is 0. The first-order chi connectivity index (χ1) is 9.85. The molecular formula is C16H16ClN3. The maximum atomic E-state index is 6.00. The van der Waals surface area contributed by atoms with Gasteiger partial charge in [-0.3, -0.25) is 4.57 Å². The zero-order valence-corrected chi connectivity index (χ0v) is 12.1. The van der Waals surface area contributed by atoms with Crippen molar-refractivity contribution in [2.45, 2.75) is 25.6 Å². The first kappa shape index (κ1) is 13.1. The third kappa shape index (κ3) is 2.18. The van der Waals surface area contributed by atoms with Crippen LogP contribution in [-0.4, -0.2) is 14.5 Å². The second-order valence-corrected chi connectivity index (χ2v) is 5.02. The number of hydrogen-bond acceptors (Lipinski definition) is 2. The van der Waals surface area contributed by atoms with Crippen molar-refractivity contribution >= 4 is 22.4 Å². The normalized spacial score (nSPS) is 11.1. The number of aryl methyl sites for hydroxylation is 1. The van der Waals surface area contributed by atoms with E-state index in [9.17, 15) is 0 Å². The van der Waals surface area contributed by atoms with Crippen molar-refractivity contribution in [3.05, 3.63) is 54.2 Å². The number of aromatic nitrogens is 3. The highest BCUT2D eigenvalue weighted by molar-refractivity contribution is 6.18. The van der Waals surface area contributed by atoms with E-state index < -0.39 is 0 Å². The van der Waals surface area contributed by atoms with Crippen LogP contribution in [0.15, 0.2) is 42.9 Å². The van der Waals surface area contributed by atoms with Gasteiger partial charge in [0.1, 0.15) is 11.6 Å². The van der Waals surface area contributed by atoms with Crippen molar-refractivity contribution in [3.63, 3.8) is 0 Å². The van der Waals surface area contributed by atoms with Crippen LogP contribution in [-0.2, 0) is 12.3 Å². The number of nitrogens with zero attached hydrogens (tertiary/aromatic N) is 3. The minimum Gasteiger partial charge on any atom is -0.287 e. The van der Waals surface area contributed by atoms with E-state index in [2.05, 4.69) is 33.6 Å². The molecule has 0 amide bonds. The lowest BCUT2D eigenvalue weighted by atomic mass is 10.1. The van der Waals surface area contributed by atoms with Crippen LogP contribution >= 0.6 is 11.6 Å². The molecule has 0 aliphatic rings. The van der Waals surface area contributed by atoms with Crippen molar-refractivity contribution < 1.29 is 0 Å². The number of rotatable bonds is 4. The van der Waals surface area contributed by atoms with Crippen LogP contribution in [0.25, 0.3) is 16.6 Å². The predicted molar refractivity (Wildman–Crippen MR) is 82.4 cm³/mol. The van der Waals surface area contributed by atoms with Gasteiger partial charge in [-0.1, -0.05) is 31.2 Å². The lowest BCUT2D eigenvalue weighted by Crippen LogP contribution is -2.04. The number of fused-ring (bicyclic) bond motifs is 1. The van der Waals surface area contributed by atoms with Crippen LogP contribution in [0, 0.1) is 0 Å². The molecule has 0 saturated carbocycles. The number of imidazole rings is 1. The van der Waals surface area contributed by atoms with Gasteiger partial charge >= 0.3 is 0 Å². The summed E-state index contributed by atoms with van der Waals surface area (Å²) in [6.45, 7) is 2.15. The summed E-state index contributed by atoms with van der Waals surface area (Å²) in [4.78, 5) is 9.03. The van der Waals surface area contributed by atoms with Gasteiger partial charge in [0, 0.05) is 36.3 Å². The Morgan fingerprint density at radius 1 is 1.15 bits per heavy atom. The summed E-state index contributed by atoms with van der Waals surface area (Å²) < 4.78 is 2.07. The van der Waals surface area contributed by atoms with Gasteiger partial charge in [-0.2, -0.15) is 0 Å². The van der Waals surface area contributed by atoms with Crippen molar-refractivity contribution in [3.8, 4) is 5.82 Å². The summed E-state index contributed by atoms with van der Waals surface area (Å²) in [6.07, 6.45) is 7.67. The fraction of sp³-hybridized carbons (Fsp3) is 0.250. The van der Waals surface area contributed by atoms with E-state index in [1.54, 1.807) is 0 Å². The Hall–Kier alpha value is -1.87. The summed E-state index contributed by atoms with van der Waals surface area (Å²) in [5.74, 6) is 2.44. The van der Waals surface area contributed by atoms with Crippen LogP contribution in [0.5, 0.6) is 0 Å². The molecule has 0 unspecified atom stereocenters. The number of halogens is 1. The van der Waals surface area contributed by atoms with Gasteiger partial charge in [0.05, 0.1) is 0 Å². The molecule has 0 atom stereocenters. The van der Waals surface area contributed by atoms with E-state index in [4.69, 9.17) is 11.6 Å². The molecule has 3 aromatic rings. The van der Waals surface area contributed by atoms with E-state index in [0.717, 1.165) is 40.8 Å². The van der Waals surface area contributed by atoms with Crippen LogP contribution in [0.3, 0.4) is 0 Å². The lowest BCUT2D eigenvalue weighted by Gasteiger charge is -2.11. The highest BCUT2D eigenvalue weighted by atomic mass is 35.5. The van der Waals surface area contributed by atoms with Gasteiger partial charge in [-0.05, 0) is 17.4 Å². The smallest absolute Gasteiger partial charge is 0.145 e. The monoisotopic (exact) mass is 285 g/mol. The molecule has 1 aromatic carbocycles. The summed E-state index contributed by atoms with van der Waals surface area (Å²) in [5, 5.41) is 2.27. The molecule has 0 aliphatic heterocycles. The topological polar surface area (TPSA) is 30.7 Å². The SMILES string of the molecule is CCCc1nccn1-c1ncc(CCl)c2ccccc12. The number of pyridine rings is 1. The van der Waals surface area contributed by atoms with Gasteiger partial charge in [-0.15, -0.1) is 11.6 Å². The lowest BCUT2D eigenvalue weighted by molar-refractivity contribution is 0.801. The number of benzene rings is 1. The minimum atomic E-state index is 0.472. The molecular weight excluding hydrogens is 270 g/mol. The molecule has 3 nitrogen and oxygen atoms in total. The van der Waals surface area contributed by atoms with E-state index in [1.165, 1.54) is 0 Å². The minimum absolute atomic E-state index is 0.472. The maximum Gasteiger partial charge on any atom is 0.145 e. The second kappa shape index (κ2) is 5.63. The molecule has 0 fully saturated rings. The molecule has 0 saturated heterocycles. The Kier molecular flexibility index (Phi) is 3.70. The van der Waals surface area contributed by atoms with Gasteiger partial charge < -0.3 is 0 Å². The van der Waals surface area contributed by atoms with E-state index >= 15 is 0 Å². The average molecular weight is 286 g/mol. The van der Waals surface area contributed by atoms with Crippen LogP contribution in [0.2, 0.25) is 0 Å². The standard InChI is InChI=1S/C16H16ClN3/c1-2-5-15-18-8-9-20(15)16-14-7-4-3-6-13(14)12(10-17)11-19-16/h3-4,6-9,11H,2,5,10H2,1H3. The Bertz CT molecular complexity index is 733. The molecule has 4 heteroatoms. The first-order valence-electron chi connectivity index (χ1n) is 6.80. The van der Waals surface area contributed by atoms with Gasteiger partial charge in [-0.25, -0.2) is 9.97 Å². The molecule has 102 valence electrons. The van der Waals surface area contributed by atoms with Gasteiger partial charge in [0.2, 0.25) is 0 Å². The summed E-state index contributed by atoms with van der Waals surface area (Å²) >= 11 is 6.00. The Balaban J connectivity index is 2.24. The van der Waals surface area contributed by atoms with E-state index in [-0.39, 0.29) is 0 Å². The van der Waals surface area contributed by atoms with Crippen molar-refractivity contribution in [2.75, 3.05) is 0 Å². The van der Waals surface area contributed by atoms with E-state index in [1.807, 2.05) is 30.7 Å². The molecule has 2 heterocycles. The fourth-order valence-electron chi connectivity index (χ4n) is 2.47. The van der Waals surface area contributed by atoms with Crippen molar-refractivity contribution in [1.29, 1.82) is 0 Å². The van der Waals surface area contributed by atoms with Crippen LogP contribution < -0.4 is 0 Å². The van der Waals surface area contributed by atoms with Crippen LogP contribution in [0.4, 0.5) is 0 Å². The Morgan fingerprint density at radius 3 is 2.70 bits per heavy atom. The maximum absolute atomic E-state index is 6.00. The van der Waals surface area contributed by atoms with Crippen LogP contribution in [0.1, 0.15) is 24.7 Å². The van der Waals surface area contributed by atoms with Crippen molar-refractivity contribution in [1.82, 2.24) is 14.5 Å². The molecule has 0 bridgehead atoms. The molecule has 0 spiro atoms.